The first-order valence-corrected chi connectivity index (χ1v) is 8.82. The first-order valence-electron chi connectivity index (χ1n) is 7.00. The van der Waals surface area contributed by atoms with Gasteiger partial charge < -0.3 is 0 Å². The molecule has 0 aliphatic carbocycles. The van der Waals surface area contributed by atoms with Crippen LogP contribution in [0.3, 0.4) is 0 Å². The molecule has 112 valence electrons. The van der Waals surface area contributed by atoms with E-state index in [0.29, 0.717) is 6.42 Å². The Hall–Kier alpha value is -1.65. The van der Waals surface area contributed by atoms with Crippen LogP contribution in [0.1, 0.15) is 29.9 Å². The van der Waals surface area contributed by atoms with E-state index in [0.717, 1.165) is 12.7 Å². The van der Waals surface area contributed by atoms with Crippen LogP contribution in [0.15, 0.2) is 60.7 Å². The molecule has 0 saturated carbocycles. The van der Waals surface area contributed by atoms with E-state index in [2.05, 4.69) is 24.3 Å². The van der Waals surface area contributed by atoms with Gasteiger partial charge in [-0.25, -0.2) is 0 Å². The lowest BCUT2D eigenvalue weighted by Crippen LogP contribution is -2.07. The molecule has 0 aliphatic heterocycles. The summed E-state index contributed by atoms with van der Waals surface area (Å²) in [7, 11) is -3.35. The monoisotopic (exact) mass is 304 g/mol. The SMILES string of the molecule is CS(=O)(=O)OCCCC(c1ccccc1)c1ccccc1. The molecule has 0 fully saturated rings. The highest BCUT2D eigenvalue weighted by Gasteiger charge is 2.13. The highest BCUT2D eigenvalue weighted by Crippen LogP contribution is 2.28. The first-order chi connectivity index (χ1) is 10.1. The molecule has 2 rings (SSSR count). The van der Waals surface area contributed by atoms with Gasteiger partial charge in [-0.05, 0) is 24.0 Å². The van der Waals surface area contributed by atoms with Crippen molar-refractivity contribution in [3.8, 4) is 0 Å². The van der Waals surface area contributed by atoms with Crippen molar-refractivity contribution in [1.82, 2.24) is 0 Å². The molecule has 0 unspecified atom stereocenters. The molecule has 0 N–H and O–H groups in total. The molecular weight excluding hydrogens is 284 g/mol. The fourth-order valence-corrected chi connectivity index (χ4v) is 2.81. The fraction of sp³-hybridized carbons (Fsp3) is 0.294. The highest BCUT2D eigenvalue weighted by atomic mass is 32.2. The van der Waals surface area contributed by atoms with Crippen LogP contribution in [0, 0.1) is 0 Å². The third-order valence-corrected chi connectivity index (χ3v) is 3.93. The molecule has 0 bridgehead atoms. The Morgan fingerprint density at radius 3 is 1.81 bits per heavy atom. The van der Waals surface area contributed by atoms with E-state index < -0.39 is 10.1 Å². The maximum absolute atomic E-state index is 11.0. The average molecular weight is 304 g/mol. The zero-order chi connectivity index (χ0) is 15.1. The summed E-state index contributed by atoms with van der Waals surface area (Å²) >= 11 is 0. The van der Waals surface area contributed by atoms with Gasteiger partial charge in [0.25, 0.3) is 10.1 Å². The number of benzene rings is 2. The van der Waals surface area contributed by atoms with Crippen LogP contribution < -0.4 is 0 Å². The normalized spacial score (nSPS) is 11.7. The van der Waals surface area contributed by atoms with Gasteiger partial charge in [0, 0.05) is 5.92 Å². The zero-order valence-electron chi connectivity index (χ0n) is 12.1. The van der Waals surface area contributed by atoms with Crippen LogP contribution in [0.4, 0.5) is 0 Å². The lowest BCUT2D eigenvalue weighted by molar-refractivity contribution is 0.309. The van der Waals surface area contributed by atoms with Crippen LogP contribution in [-0.4, -0.2) is 21.3 Å². The second-order valence-corrected chi connectivity index (χ2v) is 6.69. The maximum atomic E-state index is 11.0. The molecule has 3 nitrogen and oxygen atoms in total. The minimum atomic E-state index is -3.35. The zero-order valence-corrected chi connectivity index (χ0v) is 12.9. The molecule has 0 amide bonds. The van der Waals surface area contributed by atoms with Gasteiger partial charge in [0.1, 0.15) is 0 Å². The Morgan fingerprint density at radius 2 is 1.38 bits per heavy atom. The standard InChI is InChI=1S/C17H20O3S/c1-21(18,19)20-14-8-13-17(15-9-4-2-5-10-15)16-11-6-3-7-12-16/h2-7,9-12,17H,8,13-14H2,1H3. The summed E-state index contributed by atoms with van der Waals surface area (Å²) in [6.45, 7) is 0.231. The molecule has 0 radical (unpaired) electrons. The van der Waals surface area contributed by atoms with Crippen molar-refractivity contribution in [2.24, 2.45) is 0 Å². The van der Waals surface area contributed by atoms with Gasteiger partial charge in [0.05, 0.1) is 12.9 Å². The molecule has 2 aromatic carbocycles. The molecule has 21 heavy (non-hydrogen) atoms. The second kappa shape index (κ2) is 7.38. The van der Waals surface area contributed by atoms with Gasteiger partial charge in [0.2, 0.25) is 0 Å². The van der Waals surface area contributed by atoms with E-state index in [9.17, 15) is 8.42 Å². The van der Waals surface area contributed by atoms with Crippen molar-refractivity contribution in [3.05, 3.63) is 71.8 Å². The Bertz CT molecular complexity index is 597. The average Bonchev–Trinajstić information content (AvgIpc) is 2.48. The Kier molecular flexibility index (Phi) is 5.53. The second-order valence-electron chi connectivity index (χ2n) is 5.04. The maximum Gasteiger partial charge on any atom is 0.264 e. The summed E-state index contributed by atoms with van der Waals surface area (Å²) in [4.78, 5) is 0. The van der Waals surface area contributed by atoms with Gasteiger partial charge in [-0.2, -0.15) is 8.42 Å². The van der Waals surface area contributed by atoms with Crippen LogP contribution >= 0.6 is 0 Å². The number of hydrogen-bond donors (Lipinski definition) is 0. The predicted molar refractivity (Wildman–Crippen MR) is 84.8 cm³/mol. The van der Waals surface area contributed by atoms with Crippen molar-refractivity contribution < 1.29 is 12.6 Å². The summed E-state index contributed by atoms with van der Waals surface area (Å²) in [5.74, 6) is 0.260. The van der Waals surface area contributed by atoms with Gasteiger partial charge in [-0.15, -0.1) is 0 Å². The highest BCUT2D eigenvalue weighted by molar-refractivity contribution is 7.85. The van der Waals surface area contributed by atoms with Crippen molar-refractivity contribution >= 4 is 10.1 Å². The van der Waals surface area contributed by atoms with Crippen molar-refractivity contribution in [1.29, 1.82) is 0 Å². The lowest BCUT2D eigenvalue weighted by Gasteiger charge is -2.18. The van der Waals surface area contributed by atoms with Crippen LogP contribution in [0.25, 0.3) is 0 Å². The molecule has 0 aromatic heterocycles. The summed E-state index contributed by atoms with van der Waals surface area (Å²) in [6, 6.07) is 20.5. The van der Waals surface area contributed by atoms with Crippen molar-refractivity contribution in [3.63, 3.8) is 0 Å². The molecule has 0 spiro atoms. The molecule has 0 heterocycles. The minimum Gasteiger partial charge on any atom is -0.270 e. The Balaban J connectivity index is 2.07. The molecule has 4 heteroatoms. The van der Waals surface area contributed by atoms with Crippen LogP contribution in [0.5, 0.6) is 0 Å². The van der Waals surface area contributed by atoms with Gasteiger partial charge in [0.15, 0.2) is 0 Å². The van der Waals surface area contributed by atoms with Gasteiger partial charge in [-0.3, -0.25) is 4.18 Å². The molecule has 2 aromatic rings. The smallest absolute Gasteiger partial charge is 0.264 e. The van der Waals surface area contributed by atoms with E-state index in [1.165, 1.54) is 11.1 Å². The molecule has 0 saturated heterocycles. The lowest BCUT2D eigenvalue weighted by atomic mass is 9.88. The van der Waals surface area contributed by atoms with Crippen LogP contribution in [-0.2, 0) is 14.3 Å². The Morgan fingerprint density at radius 1 is 0.905 bits per heavy atom. The number of rotatable bonds is 7. The van der Waals surface area contributed by atoms with Crippen LogP contribution in [0.2, 0.25) is 0 Å². The quantitative estimate of drug-likeness (QED) is 0.580. The van der Waals surface area contributed by atoms with E-state index in [4.69, 9.17) is 4.18 Å². The van der Waals surface area contributed by atoms with E-state index in [1.807, 2.05) is 36.4 Å². The third kappa shape index (κ3) is 5.33. The van der Waals surface area contributed by atoms with E-state index in [1.54, 1.807) is 0 Å². The van der Waals surface area contributed by atoms with E-state index in [-0.39, 0.29) is 12.5 Å². The first kappa shape index (κ1) is 15.7. The van der Waals surface area contributed by atoms with Crippen molar-refractivity contribution in [2.75, 3.05) is 12.9 Å². The van der Waals surface area contributed by atoms with Gasteiger partial charge >= 0.3 is 0 Å². The van der Waals surface area contributed by atoms with E-state index >= 15 is 0 Å². The fourth-order valence-electron chi connectivity index (χ4n) is 2.39. The number of hydrogen-bond acceptors (Lipinski definition) is 3. The summed E-state index contributed by atoms with van der Waals surface area (Å²) in [5, 5.41) is 0. The minimum absolute atomic E-state index is 0.231. The largest absolute Gasteiger partial charge is 0.270 e. The topological polar surface area (TPSA) is 43.4 Å². The summed E-state index contributed by atoms with van der Waals surface area (Å²) in [5.41, 5.74) is 2.48. The molecular formula is C17H20O3S. The Labute approximate surface area is 126 Å². The van der Waals surface area contributed by atoms with Crippen molar-refractivity contribution in [2.45, 2.75) is 18.8 Å². The summed E-state index contributed by atoms with van der Waals surface area (Å²) in [6.07, 6.45) is 2.63. The summed E-state index contributed by atoms with van der Waals surface area (Å²) < 4.78 is 26.8. The van der Waals surface area contributed by atoms with Gasteiger partial charge in [-0.1, -0.05) is 60.7 Å². The predicted octanol–water partition coefficient (Wildman–Crippen LogP) is 3.57. The molecule has 0 atom stereocenters. The third-order valence-electron chi connectivity index (χ3n) is 3.34. The molecule has 0 aliphatic rings.